The van der Waals surface area contributed by atoms with Crippen molar-refractivity contribution in [2.24, 2.45) is 0 Å². The molecule has 182 valence electrons. The predicted octanol–water partition coefficient (Wildman–Crippen LogP) is 4.25. The average molecular weight is 479 g/mol. The van der Waals surface area contributed by atoms with Crippen molar-refractivity contribution in [3.63, 3.8) is 0 Å². The third-order valence-corrected chi connectivity index (χ3v) is 6.21. The molecule has 1 aromatic heterocycles. The first-order valence-corrected chi connectivity index (χ1v) is 11.1. The monoisotopic (exact) mass is 478 g/mol. The van der Waals surface area contributed by atoms with E-state index in [9.17, 15) is 19.5 Å². The van der Waals surface area contributed by atoms with E-state index in [2.05, 4.69) is 10.6 Å². The number of furan rings is 1. The molecule has 9 nitrogen and oxygen atoms in total. The van der Waals surface area contributed by atoms with Crippen molar-refractivity contribution in [2.75, 3.05) is 25.6 Å². The molecule has 0 aliphatic heterocycles. The Bertz CT molecular complexity index is 1210. The molecule has 4 rings (SSSR count). The number of hydrogen-bond acceptors (Lipinski definition) is 6. The van der Waals surface area contributed by atoms with Crippen LogP contribution in [-0.2, 0) is 14.3 Å². The second-order valence-corrected chi connectivity index (χ2v) is 8.24. The summed E-state index contributed by atoms with van der Waals surface area (Å²) in [7, 11) is 1.34. The zero-order valence-electron chi connectivity index (χ0n) is 19.4. The zero-order valence-corrected chi connectivity index (χ0v) is 19.4. The summed E-state index contributed by atoms with van der Waals surface area (Å²) < 4.78 is 15.7. The number of carboxylic acid groups (broad SMARTS) is 1. The fourth-order valence-corrected chi connectivity index (χ4v) is 4.34. The molecule has 1 unspecified atom stereocenters. The third kappa shape index (κ3) is 4.63. The lowest BCUT2D eigenvalue weighted by atomic mass is 9.97. The van der Waals surface area contributed by atoms with Gasteiger partial charge in [-0.2, -0.15) is 0 Å². The second-order valence-electron chi connectivity index (χ2n) is 8.24. The van der Waals surface area contributed by atoms with Crippen LogP contribution in [0.15, 0.2) is 65.3 Å². The highest BCUT2D eigenvalue weighted by Gasteiger charge is 2.40. The van der Waals surface area contributed by atoms with Gasteiger partial charge in [0, 0.05) is 19.1 Å². The molecular formula is C26H26N2O7. The zero-order chi connectivity index (χ0) is 25.0. The average Bonchev–Trinajstić information content (AvgIpc) is 3.44. The molecule has 1 aliphatic rings. The number of methoxy groups -OCH3 is 1. The summed E-state index contributed by atoms with van der Waals surface area (Å²) in [6.07, 6.45) is 0.537. The number of carbonyl (C=O) groups is 3. The summed E-state index contributed by atoms with van der Waals surface area (Å²) in [5.41, 5.74) is 2.80. The van der Waals surface area contributed by atoms with Gasteiger partial charge in [0.15, 0.2) is 5.54 Å². The maximum atomic E-state index is 12.8. The topological polar surface area (TPSA) is 127 Å². The Morgan fingerprint density at radius 2 is 1.66 bits per heavy atom. The maximum Gasteiger partial charge on any atom is 0.411 e. The Kier molecular flexibility index (Phi) is 6.88. The van der Waals surface area contributed by atoms with Gasteiger partial charge in [-0.1, -0.05) is 55.5 Å². The Morgan fingerprint density at radius 1 is 1.03 bits per heavy atom. The molecular weight excluding hydrogens is 452 g/mol. The highest BCUT2D eigenvalue weighted by molar-refractivity contribution is 6.02. The summed E-state index contributed by atoms with van der Waals surface area (Å²) >= 11 is 0. The number of nitrogens with one attached hydrogen (secondary N) is 2. The number of benzene rings is 2. The van der Waals surface area contributed by atoms with Gasteiger partial charge in [-0.15, -0.1) is 0 Å². The van der Waals surface area contributed by atoms with Gasteiger partial charge in [0.1, 0.15) is 6.61 Å². The molecule has 3 N–H and O–H groups in total. The first-order valence-electron chi connectivity index (χ1n) is 11.1. The SMILES string of the molecule is CCC(COC)(NC(=O)c1occc1NC(=O)OCC1c2ccccc2-c2ccccc21)C(=O)O. The van der Waals surface area contributed by atoms with Crippen LogP contribution < -0.4 is 10.6 Å². The number of fused-ring (bicyclic) bond motifs is 3. The van der Waals surface area contributed by atoms with Crippen molar-refractivity contribution < 1.29 is 33.4 Å². The van der Waals surface area contributed by atoms with Crippen LogP contribution in [-0.4, -0.2) is 48.9 Å². The van der Waals surface area contributed by atoms with Gasteiger partial charge in [-0.05, 0) is 28.7 Å². The Balaban J connectivity index is 1.44. The Morgan fingerprint density at radius 3 is 2.23 bits per heavy atom. The lowest BCUT2D eigenvalue weighted by molar-refractivity contribution is -0.147. The standard InChI is InChI=1S/C26H26N2O7/c1-3-26(15-33-2,24(30)31)28-23(29)22-21(12-13-34-22)27-25(32)35-14-20-18-10-6-4-8-16(18)17-9-5-7-11-19(17)20/h4-13,20H,3,14-15H2,1-2H3,(H,27,32)(H,28,29)(H,30,31). The van der Waals surface area contributed by atoms with Crippen LogP contribution >= 0.6 is 0 Å². The van der Waals surface area contributed by atoms with Gasteiger partial charge in [0.25, 0.3) is 5.91 Å². The van der Waals surface area contributed by atoms with Gasteiger partial charge in [0.2, 0.25) is 5.76 Å². The number of carbonyl (C=O) groups excluding carboxylic acids is 2. The fraction of sp³-hybridized carbons (Fsp3) is 0.269. The highest BCUT2D eigenvalue weighted by atomic mass is 16.5. The molecule has 0 radical (unpaired) electrons. The number of rotatable bonds is 9. The lowest BCUT2D eigenvalue weighted by Crippen LogP contribution is -2.57. The molecule has 2 amide bonds. The largest absolute Gasteiger partial charge is 0.479 e. The molecule has 0 spiro atoms. The minimum absolute atomic E-state index is 0.0625. The quantitative estimate of drug-likeness (QED) is 0.420. The van der Waals surface area contributed by atoms with Crippen molar-refractivity contribution in [1.29, 1.82) is 0 Å². The molecule has 0 saturated carbocycles. The fourth-order valence-electron chi connectivity index (χ4n) is 4.34. The number of carboxylic acids is 1. The maximum absolute atomic E-state index is 12.8. The van der Waals surface area contributed by atoms with Crippen molar-refractivity contribution in [2.45, 2.75) is 24.8 Å². The molecule has 0 bridgehead atoms. The van der Waals surface area contributed by atoms with Crippen LogP contribution in [0.4, 0.5) is 10.5 Å². The van der Waals surface area contributed by atoms with E-state index in [1.54, 1.807) is 6.92 Å². The van der Waals surface area contributed by atoms with E-state index in [1.165, 1.54) is 19.4 Å². The summed E-state index contributed by atoms with van der Waals surface area (Å²) in [5, 5.41) is 14.6. The molecule has 2 aromatic carbocycles. The smallest absolute Gasteiger partial charge is 0.411 e. The molecule has 0 saturated heterocycles. The van der Waals surface area contributed by atoms with Crippen LogP contribution in [0.3, 0.4) is 0 Å². The van der Waals surface area contributed by atoms with Gasteiger partial charge in [0.05, 0.1) is 18.6 Å². The van der Waals surface area contributed by atoms with E-state index in [4.69, 9.17) is 13.9 Å². The van der Waals surface area contributed by atoms with Crippen LogP contribution in [0, 0.1) is 0 Å². The van der Waals surface area contributed by atoms with E-state index in [-0.39, 0.29) is 37.0 Å². The molecule has 9 heteroatoms. The number of hydrogen-bond donors (Lipinski definition) is 3. The Labute approximate surface area is 202 Å². The van der Waals surface area contributed by atoms with Crippen molar-refractivity contribution in [1.82, 2.24) is 5.32 Å². The molecule has 35 heavy (non-hydrogen) atoms. The highest BCUT2D eigenvalue weighted by Crippen LogP contribution is 2.44. The first kappa shape index (κ1) is 24.0. The van der Waals surface area contributed by atoms with Crippen LogP contribution in [0.2, 0.25) is 0 Å². The van der Waals surface area contributed by atoms with Crippen LogP contribution in [0.25, 0.3) is 11.1 Å². The minimum Gasteiger partial charge on any atom is -0.479 e. The van der Waals surface area contributed by atoms with Gasteiger partial charge >= 0.3 is 12.1 Å². The van der Waals surface area contributed by atoms with E-state index < -0.39 is 23.5 Å². The van der Waals surface area contributed by atoms with Crippen LogP contribution in [0.5, 0.6) is 0 Å². The third-order valence-electron chi connectivity index (χ3n) is 6.21. The van der Waals surface area contributed by atoms with E-state index in [0.717, 1.165) is 22.3 Å². The molecule has 3 aromatic rings. The predicted molar refractivity (Wildman–Crippen MR) is 127 cm³/mol. The van der Waals surface area contributed by atoms with Gasteiger partial charge in [-0.25, -0.2) is 9.59 Å². The number of ether oxygens (including phenoxy) is 2. The normalized spacial score (nSPS) is 13.9. The number of aliphatic carboxylic acids is 1. The van der Waals surface area contributed by atoms with Crippen molar-refractivity contribution in [3.05, 3.63) is 77.7 Å². The van der Waals surface area contributed by atoms with Crippen molar-refractivity contribution >= 4 is 23.7 Å². The molecule has 0 fully saturated rings. The summed E-state index contributed by atoms with van der Waals surface area (Å²) in [6, 6.07) is 17.4. The van der Waals surface area contributed by atoms with Gasteiger partial charge in [-0.3, -0.25) is 10.1 Å². The molecule has 1 heterocycles. The summed E-state index contributed by atoms with van der Waals surface area (Å²) in [6.45, 7) is 1.48. The molecule has 1 atom stereocenters. The molecule has 1 aliphatic carbocycles. The second kappa shape index (κ2) is 10.0. The van der Waals surface area contributed by atoms with Crippen molar-refractivity contribution in [3.8, 4) is 11.1 Å². The summed E-state index contributed by atoms with van der Waals surface area (Å²) in [5.74, 6) is -2.40. The minimum atomic E-state index is -1.64. The van der Waals surface area contributed by atoms with Crippen LogP contribution in [0.1, 0.15) is 40.9 Å². The number of anilines is 1. The lowest BCUT2D eigenvalue weighted by Gasteiger charge is -2.28. The Hall–Kier alpha value is -4.11. The number of amides is 2. The first-order chi connectivity index (χ1) is 16.9. The van der Waals surface area contributed by atoms with E-state index in [0.29, 0.717) is 0 Å². The van der Waals surface area contributed by atoms with Gasteiger partial charge < -0.3 is 24.3 Å². The van der Waals surface area contributed by atoms with E-state index in [1.807, 2.05) is 48.5 Å². The van der Waals surface area contributed by atoms with E-state index >= 15 is 0 Å². The summed E-state index contributed by atoms with van der Waals surface area (Å²) in [4.78, 5) is 37.2.